The molecule has 0 bridgehead atoms. The van der Waals surface area contributed by atoms with Gasteiger partial charge in [0, 0.05) is 44.0 Å². The van der Waals surface area contributed by atoms with Gasteiger partial charge in [0.2, 0.25) is 5.82 Å². The molecule has 1 fully saturated rings. The van der Waals surface area contributed by atoms with Gasteiger partial charge in [0.05, 0.1) is 5.69 Å². The number of alkyl halides is 6. The topological polar surface area (TPSA) is 151 Å². The van der Waals surface area contributed by atoms with Crippen LogP contribution in [-0.4, -0.2) is 78.1 Å². The number of carboxylic acid groups (broad SMARTS) is 2. The molecule has 4 heterocycles. The average Bonchev–Trinajstić information content (AvgIpc) is 3.49. The summed E-state index contributed by atoms with van der Waals surface area (Å²) < 4.78 is 78.8. The Hall–Kier alpha value is -4.61. The molecule has 18 heteroatoms. The van der Waals surface area contributed by atoms with Crippen molar-refractivity contribution in [2.75, 3.05) is 18.4 Å². The molecule has 44 heavy (non-hydrogen) atoms. The van der Waals surface area contributed by atoms with Gasteiger partial charge in [-0.25, -0.2) is 14.0 Å². The molecule has 0 spiro atoms. The Kier molecular flexibility index (Phi) is 10.6. The van der Waals surface area contributed by atoms with E-state index in [4.69, 9.17) is 19.8 Å². The van der Waals surface area contributed by atoms with Gasteiger partial charge in [-0.3, -0.25) is 14.7 Å². The molecule has 2 aromatic heterocycles. The number of amides is 1. The van der Waals surface area contributed by atoms with Gasteiger partial charge in [-0.15, -0.1) is 10.2 Å². The fourth-order valence-corrected chi connectivity index (χ4v) is 4.59. The van der Waals surface area contributed by atoms with Crippen molar-refractivity contribution in [2.45, 2.75) is 38.8 Å². The predicted molar refractivity (Wildman–Crippen MR) is 137 cm³/mol. The van der Waals surface area contributed by atoms with Crippen LogP contribution in [0.2, 0.25) is 0 Å². The molecule has 3 N–H and O–H groups in total. The molecule has 238 valence electrons. The minimum absolute atomic E-state index is 0.284. The van der Waals surface area contributed by atoms with E-state index in [1.807, 2.05) is 23.6 Å². The summed E-state index contributed by atoms with van der Waals surface area (Å²) in [6.45, 7) is 5.52. The predicted octanol–water partition coefficient (Wildman–Crippen LogP) is 3.94. The van der Waals surface area contributed by atoms with Crippen molar-refractivity contribution in [2.24, 2.45) is 11.8 Å². The lowest BCUT2D eigenvalue weighted by atomic mass is 9.89. The quantitative estimate of drug-likeness (QED) is 0.363. The standard InChI is InChI=1S/C22H23FN6O.2C2HF3O2/c1-14-4-2-7-19(24-14)13-28-10-15-8-20-26-27-21(29(20)12-16(15)11-28)22(30)25-18-6-3-5-17(23)9-18;2*3-2(4,5)1(6)7/h2-7,9,15-16H,8,10-13H2,1H3,(H,25,30);2*(H,6,7). The molecular formula is C26H25F7N6O5. The fraction of sp³-hybridized carbons (Fsp3) is 0.385. The highest BCUT2D eigenvalue weighted by Gasteiger charge is 2.40. The van der Waals surface area contributed by atoms with Crippen LogP contribution < -0.4 is 5.32 Å². The average molecular weight is 635 g/mol. The van der Waals surface area contributed by atoms with Crippen LogP contribution in [-0.2, 0) is 29.1 Å². The number of aliphatic carboxylic acids is 2. The van der Waals surface area contributed by atoms with E-state index < -0.39 is 30.1 Å². The second kappa shape index (κ2) is 13.8. The maximum atomic E-state index is 13.4. The molecule has 11 nitrogen and oxygen atoms in total. The first kappa shape index (κ1) is 33.9. The van der Waals surface area contributed by atoms with Crippen LogP contribution in [0.5, 0.6) is 0 Å². The van der Waals surface area contributed by atoms with Gasteiger partial charge in [0.1, 0.15) is 11.6 Å². The molecule has 1 saturated heterocycles. The molecule has 0 radical (unpaired) electrons. The Morgan fingerprint density at radius 2 is 1.50 bits per heavy atom. The van der Waals surface area contributed by atoms with Crippen molar-refractivity contribution in [3.8, 4) is 0 Å². The van der Waals surface area contributed by atoms with Crippen molar-refractivity contribution in [3.05, 3.63) is 71.3 Å². The third-order valence-electron chi connectivity index (χ3n) is 6.44. The summed E-state index contributed by atoms with van der Waals surface area (Å²) in [7, 11) is 0. The van der Waals surface area contributed by atoms with Crippen molar-refractivity contribution in [1.82, 2.24) is 24.6 Å². The summed E-state index contributed by atoms with van der Waals surface area (Å²) in [4.78, 5) is 37.6. The number of carbonyl (C=O) groups excluding carboxylic acids is 1. The summed E-state index contributed by atoms with van der Waals surface area (Å²) >= 11 is 0. The van der Waals surface area contributed by atoms with Crippen LogP contribution in [0.25, 0.3) is 0 Å². The first-order valence-corrected chi connectivity index (χ1v) is 12.7. The second-order valence-electron chi connectivity index (χ2n) is 9.81. The molecule has 2 aliphatic rings. The van der Waals surface area contributed by atoms with Crippen LogP contribution in [0.4, 0.5) is 36.4 Å². The third-order valence-corrected chi connectivity index (χ3v) is 6.44. The molecule has 2 aliphatic heterocycles. The highest BCUT2D eigenvalue weighted by molar-refractivity contribution is 6.01. The monoisotopic (exact) mass is 634 g/mol. The zero-order chi connectivity index (χ0) is 32.8. The number of hydrogen-bond donors (Lipinski definition) is 3. The van der Waals surface area contributed by atoms with Gasteiger partial charge >= 0.3 is 24.3 Å². The molecular weight excluding hydrogens is 609 g/mol. The first-order valence-electron chi connectivity index (χ1n) is 12.7. The van der Waals surface area contributed by atoms with E-state index in [9.17, 15) is 35.5 Å². The summed E-state index contributed by atoms with van der Waals surface area (Å²) in [5.74, 6) is -4.20. The van der Waals surface area contributed by atoms with E-state index in [1.54, 1.807) is 12.1 Å². The van der Waals surface area contributed by atoms with Gasteiger partial charge in [0.25, 0.3) is 5.91 Å². The zero-order valence-electron chi connectivity index (χ0n) is 22.7. The largest absolute Gasteiger partial charge is 0.490 e. The normalized spacial score (nSPS) is 17.6. The highest BCUT2D eigenvalue weighted by atomic mass is 19.4. The lowest BCUT2D eigenvalue weighted by molar-refractivity contribution is -0.193. The number of carbonyl (C=O) groups is 3. The number of aryl methyl sites for hydroxylation is 1. The molecule has 1 aromatic carbocycles. The van der Waals surface area contributed by atoms with Gasteiger partial charge < -0.3 is 20.1 Å². The number of anilines is 1. The lowest BCUT2D eigenvalue weighted by Gasteiger charge is -2.25. The van der Waals surface area contributed by atoms with Crippen molar-refractivity contribution in [3.63, 3.8) is 0 Å². The number of hydrogen-bond acceptors (Lipinski definition) is 7. The summed E-state index contributed by atoms with van der Waals surface area (Å²) in [6.07, 6.45) is -9.36. The number of fused-ring (bicyclic) bond motifs is 2. The smallest absolute Gasteiger partial charge is 0.475 e. The number of halogens is 7. The number of pyridine rings is 1. The number of nitrogens with one attached hydrogen (secondary N) is 1. The maximum Gasteiger partial charge on any atom is 0.490 e. The van der Waals surface area contributed by atoms with E-state index in [0.717, 1.165) is 49.8 Å². The minimum Gasteiger partial charge on any atom is -0.475 e. The number of aromatic nitrogens is 4. The number of nitrogens with zero attached hydrogens (tertiary/aromatic N) is 5. The number of likely N-dealkylation sites (tertiary alicyclic amines) is 1. The van der Waals surface area contributed by atoms with Crippen LogP contribution in [0.3, 0.4) is 0 Å². The van der Waals surface area contributed by atoms with E-state index in [0.29, 0.717) is 17.5 Å². The molecule has 3 aromatic rings. The maximum absolute atomic E-state index is 13.4. The third kappa shape index (κ3) is 9.45. The fourth-order valence-electron chi connectivity index (χ4n) is 4.59. The zero-order valence-corrected chi connectivity index (χ0v) is 22.7. The Morgan fingerprint density at radius 1 is 0.909 bits per heavy atom. The summed E-state index contributed by atoms with van der Waals surface area (Å²) in [6, 6.07) is 12.0. The summed E-state index contributed by atoms with van der Waals surface area (Å²) in [5, 5.41) is 25.4. The van der Waals surface area contributed by atoms with Gasteiger partial charge in [-0.1, -0.05) is 12.1 Å². The van der Waals surface area contributed by atoms with Crippen LogP contribution >= 0.6 is 0 Å². The Bertz CT molecular complexity index is 1470. The second-order valence-corrected chi connectivity index (χ2v) is 9.81. The van der Waals surface area contributed by atoms with Crippen LogP contribution in [0.15, 0.2) is 42.5 Å². The van der Waals surface area contributed by atoms with Crippen LogP contribution in [0, 0.1) is 24.6 Å². The van der Waals surface area contributed by atoms with Gasteiger partial charge in [-0.2, -0.15) is 26.3 Å². The molecule has 2 atom stereocenters. The Labute approximate surface area is 244 Å². The number of benzene rings is 1. The Morgan fingerprint density at radius 3 is 2.07 bits per heavy atom. The van der Waals surface area contributed by atoms with E-state index in [-0.39, 0.29) is 11.7 Å². The molecule has 5 rings (SSSR count). The van der Waals surface area contributed by atoms with E-state index >= 15 is 0 Å². The van der Waals surface area contributed by atoms with Crippen molar-refractivity contribution in [1.29, 1.82) is 0 Å². The minimum atomic E-state index is -5.08. The summed E-state index contributed by atoms with van der Waals surface area (Å²) in [5.41, 5.74) is 2.52. The van der Waals surface area contributed by atoms with Gasteiger partial charge in [0.15, 0.2) is 0 Å². The van der Waals surface area contributed by atoms with Crippen molar-refractivity contribution < 1.29 is 55.3 Å². The van der Waals surface area contributed by atoms with Gasteiger partial charge in [-0.05, 0) is 49.1 Å². The SMILES string of the molecule is Cc1cccc(CN2CC3Cc4nnc(C(=O)Nc5cccc(F)c5)n4CC3C2)n1.O=C(O)C(F)(F)F.O=C(O)C(F)(F)F. The van der Waals surface area contributed by atoms with Crippen LogP contribution in [0.1, 0.15) is 27.8 Å². The molecule has 1 amide bonds. The van der Waals surface area contributed by atoms with E-state index in [2.05, 4.69) is 31.5 Å². The molecule has 2 unspecified atom stereocenters. The molecule has 0 aliphatic carbocycles. The lowest BCUT2D eigenvalue weighted by Crippen LogP contribution is -2.31. The molecule has 0 saturated carbocycles. The number of carboxylic acids is 2. The number of rotatable bonds is 4. The van der Waals surface area contributed by atoms with E-state index in [1.165, 1.54) is 12.1 Å². The Balaban J connectivity index is 0.000000317. The highest BCUT2D eigenvalue weighted by Crippen LogP contribution is 2.33. The first-order chi connectivity index (χ1) is 20.4. The van der Waals surface area contributed by atoms with Crippen molar-refractivity contribution >= 4 is 23.5 Å².